The van der Waals surface area contributed by atoms with Crippen LogP contribution in [0.2, 0.25) is 0 Å². The quantitative estimate of drug-likeness (QED) is 0.733. The molecule has 0 unspecified atom stereocenters. The molecule has 0 radical (unpaired) electrons. The monoisotopic (exact) mass is 398 g/mol. The van der Waals surface area contributed by atoms with Gasteiger partial charge in [-0.1, -0.05) is 6.07 Å². The molecule has 0 spiro atoms. The number of benzene rings is 1. The first-order valence-electron chi connectivity index (χ1n) is 9.79. The summed E-state index contributed by atoms with van der Waals surface area (Å²) in [5.41, 5.74) is 1.70. The van der Waals surface area contributed by atoms with Crippen molar-refractivity contribution in [3.63, 3.8) is 0 Å². The third-order valence-electron chi connectivity index (χ3n) is 5.22. The molecule has 7 heteroatoms. The normalized spacial score (nSPS) is 19.3. The van der Waals surface area contributed by atoms with Crippen LogP contribution in [0.25, 0.3) is 0 Å². The Bertz CT molecular complexity index is 813. The van der Waals surface area contributed by atoms with Crippen LogP contribution in [0.1, 0.15) is 15.9 Å². The number of aromatic nitrogens is 1. The number of carbonyl (C=O) groups is 1. The highest BCUT2D eigenvalue weighted by molar-refractivity contribution is 5.97. The molecule has 156 valence electrons. The summed E-state index contributed by atoms with van der Waals surface area (Å²) in [6.45, 7) is 3.47. The Hall–Kier alpha value is -2.64. The average molecular weight is 399 g/mol. The first-order chi connectivity index (χ1) is 14.0. The van der Waals surface area contributed by atoms with Crippen LogP contribution >= 0.6 is 0 Å². The lowest BCUT2D eigenvalue weighted by Crippen LogP contribution is -2.43. The van der Waals surface area contributed by atoms with Crippen LogP contribution in [0.3, 0.4) is 0 Å². The molecule has 1 aromatic heterocycles. The maximum Gasteiger partial charge on any atom is 0.255 e. The van der Waals surface area contributed by atoms with E-state index in [0.29, 0.717) is 23.0 Å². The van der Waals surface area contributed by atoms with E-state index in [4.69, 9.17) is 9.47 Å². The topological polar surface area (TPSA) is 66.9 Å². The van der Waals surface area contributed by atoms with Crippen LogP contribution in [0.4, 0.5) is 0 Å². The number of likely N-dealkylation sites (tertiary alicyclic amines) is 1. The molecule has 1 saturated heterocycles. The molecular formula is C22H30N4O3. The summed E-state index contributed by atoms with van der Waals surface area (Å²) in [6, 6.07) is 9.36. The molecule has 7 nitrogen and oxygen atoms in total. The van der Waals surface area contributed by atoms with E-state index in [2.05, 4.69) is 40.3 Å². The van der Waals surface area contributed by atoms with Gasteiger partial charge in [-0.2, -0.15) is 0 Å². The van der Waals surface area contributed by atoms with Gasteiger partial charge in [-0.05, 0) is 37.9 Å². The van der Waals surface area contributed by atoms with Gasteiger partial charge in [0, 0.05) is 56.6 Å². The van der Waals surface area contributed by atoms with Gasteiger partial charge in [-0.25, -0.2) is 0 Å². The second-order valence-corrected chi connectivity index (χ2v) is 7.72. The van der Waals surface area contributed by atoms with E-state index in [0.717, 1.165) is 26.2 Å². The molecule has 2 atom stereocenters. The molecule has 29 heavy (non-hydrogen) atoms. The largest absolute Gasteiger partial charge is 0.497 e. The minimum atomic E-state index is -0.124. The summed E-state index contributed by atoms with van der Waals surface area (Å²) >= 11 is 0. The lowest BCUT2D eigenvalue weighted by molar-refractivity contribution is 0.0923. The fourth-order valence-corrected chi connectivity index (χ4v) is 3.89. The van der Waals surface area contributed by atoms with Gasteiger partial charge in [0.2, 0.25) is 0 Å². The van der Waals surface area contributed by atoms with Gasteiger partial charge < -0.3 is 19.7 Å². The van der Waals surface area contributed by atoms with Crippen LogP contribution in [0.5, 0.6) is 11.5 Å². The van der Waals surface area contributed by atoms with Gasteiger partial charge in [0.25, 0.3) is 5.91 Å². The molecule has 0 aliphatic carbocycles. The maximum atomic E-state index is 13.0. The molecule has 1 amide bonds. The smallest absolute Gasteiger partial charge is 0.255 e. The van der Waals surface area contributed by atoms with Crippen molar-refractivity contribution in [3.8, 4) is 11.5 Å². The summed E-state index contributed by atoms with van der Waals surface area (Å²) in [7, 11) is 7.28. The van der Waals surface area contributed by atoms with E-state index in [9.17, 15) is 4.79 Å². The van der Waals surface area contributed by atoms with Crippen molar-refractivity contribution in [1.29, 1.82) is 0 Å². The van der Waals surface area contributed by atoms with Crippen molar-refractivity contribution in [2.45, 2.75) is 12.6 Å². The van der Waals surface area contributed by atoms with E-state index in [1.165, 1.54) is 5.56 Å². The van der Waals surface area contributed by atoms with Gasteiger partial charge in [0.15, 0.2) is 0 Å². The number of rotatable bonds is 8. The zero-order chi connectivity index (χ0) is 20.8. The number of methoxy groups -OCH3 is 2. The molecule has 2 aromatic rings. The average Bonchev–Trinajstić information content (AvgIpc) is 3.07. The highest BCUT2D eigenvalue weighted by Crippen LogP contribution is 2.26. The number of nitrogens with one attached hydrogen (secondary N) is 1. The number of pyridine rings is 1. The van der Waals surface area contributed by atoms with Crippen molar-refractivity contribution in [2.75, 3.05) is 47.9 Å². The van der Waals surface area contributed by atoms with Crippen LogP contribution in [0, 0.1) is 5.92 Å². The third-order valence-corrected chi connectivity index (χ3v) is 5.22. The SMILES string of the molecule is COc1ccc(C(=O)N[C@@H]2CN(Cc3cccnc3)C[C@H]2CN(C)C)c(OC)c1. The van der Waals surface area contributed by atoms with E-state index >= 15 is 0 Å². The molecule has 1 N–H and O–H groups in total. The molecule has 1 aromatic carbocycles. The van der Waals surface area contributed by atoms with Crippen LogP contribution in [-0.4, -0.2) is 74.7 Å². The van der Waals surface area contributed by atoms with Crippen LogP contribution in [-0.2, 0) is 6.54 Å². The molecule has 1 aliphatic heterocycles. The zero-order valence-corrected chi connectivity index (χ0v) is 17.6. The van der Waals surface area contributed by atoms with E-state index in [1.54, 1.807) is 38.6 Å². The number of ether oxygens (including phenoxy) is 2. The van der Waals surface area contributed by atoms with E-state index in [-0.39, 0.29) is 11.9 Å². The van der Waals surface area contributed by atoms with Gasteiger partial charge in [0.05, 0.1) is 19.8 Å². The first kappa shape index (κ1) is 21.1. The molecule has 0 saturated carbocycles. The van der Waals surface area contributed by atoms with Gasteiger partial charge >= 0.3 is 0 Å². The molecule has 1 aliphatic rings. The highest BCUT2D eigenvalue weighted by Gasteiger charge is 2.34. The van der Waals surface area contributed by atoms with Gasteiger partial charge in [-0.15, -0.1) is 0 Å². The number of hydrogen-bond acceptors (Lipinski definition) is 6. The second-order valence-electron chi connectivity index (χ2n) is 7.72. The number of amides is 1. The van der Waals surface area contributed by atoms with Crippen molar-refractivity contribution in [2.24, 2.45) is 5.92 Å². The van der Waals surface area contributed by atoms with E-state index in [1.807, 2.05) is 12.3 Å². The van der Waals surface area contributed by atoms with Crippen molar-refractivity contribution >= 4 is 5.91 Å². The number of hydrogen-bond donors (Lipinski definition) is 1. The lowest BCUT2D eigenvalue weighted by atomic mass is 10.0. The highest BCUT2D eigenvalue weighted by atomic mass is 16.5. The summed E-state index contributed by atoms with van der Waals surface area (Å²) < 4.78 is 10.6. The Morgan fingerprint density at radius 1 is 1.24 bits per heavy atom. The molecule has 0 bridgehead atoms. The predicted molar refractivity (Wildman–Crippen MR) is 112 cm³/mol. The minimum Gasteiger partial charge on any atom is -0.497 e. The van der Waals surface area contributed by atoms with E-state index < -0.39 is 0 Å². The van der Waals surface area contributed by atoms with Crippen molar-refractivity contribution < 1.29 is 14.3 Å². The maximum absolute atomic E-state index is 13.0. The molecule has 2 heterocycles. The Morgan fingerprint density at radius 2 is 2.07 bits per heavy atom. The molecule has 1 fully saturated rings. The lowest BCUT2D eigenvalue weighted by Gasteiger charge is -2.23. The third kappa shape index (κ3) is 5.46. The van der Waals surface area contributed by atoms with Crippen LogP contribution in [0.15, 0.2) is 42.7 Å². The predicted octanol–water partition coefficient (Wildman–Crippen LogP) is 1.89. The minimum absolute atomic E-state index is 0.0633. The Kier molecular flexibility index (Phi) is 7.06. The van der Waals surface area contributed by atoms with Crippen molar-refractivity contribution in [3.05, 3.63) is 53.9 Å². The van der Waals surface area contributed by atoms with Crippen molar-refractivity contribution in [1.82, 2.24) is 20.1 Å². The van der Waals surface area contributed by atoms with Gasteiger partial charge in [0.1, 0.15) is 11.5 Å². The summed E-state index contributed by atoms with van der Waals surface area (Å²) in [5.74, 6) is 1.39. The second kappa shape index (κ2) is 9.71. The fourth-order valence-electron chi connectivity index (χ4n) is 3.89. The Balaban J connectivity index is 1.72. The zero-order valence-electron chi connectivity index (χ0n) is 17.6. The standard InChI is InChI=1S/C22H30N4O3/c1-25(2)13-17-14-26(12-16-6-5-9-23-11-16)15-20(17)24-22(27)19-8-7-18(28-3)10-21(19)29-4/h5-11,17,20H,12-15H2,1-4H3,(H,24,27)/t17-,20-/m1/s1. The summed E-state index contributed by atoms with van der Waals surface area (Å²) in [6.07, 6.45) is 3.68. The number of nitrogens with zero attached hydrogens (tertiary/aromatic N) is 3. The molecular weight excluding hydrogens is 368 g/mol. The fraction of sp³-hybridized carbons (Fsp3) is 0.455. The summed E-state index contributed by atoms with van der Waals surface area (Å²) in [5, 5.41) is 3.23. The summed E-state index contributed by atoms with van der Waals surface area (Å²) in [4.78, 5) is 21.8. The number of carbonyl (C=O) groups excluding carboxylic acids is 1. The first-order valence-corrected chi connectivity index (χ1v) is 9.79. The molecule has 3 rings (SSSR count). The van der Waals surface area contributed by atoms with Gasteiger partial charge in [-0.3, -0.25) is 14.7 Å². The Labute approximate surface area is 172 Å². The Morgan fingerprint density at radius 3 is 2.72 bits per heavy atom. The van der Waals surface area contributed by atoms with Crippen LogP contribution < -0.4 is 14.8 Å².